The Hall–Kier alpha value is -3.73. The summed E-state index contributed by atoms with van der Waals surface area (Å²) in [5.41, 5.74) is 2.83. The molecule has 8 heteroatoms. The lowest BCUT2D eigenvalue weighted by atomic mass is 10.0. The molecule has 0 N–H and O–H groups in total. The lowest BCUT2D eigenvalue weighted by Gasteiger charge is -2.36. The molecule has 32 heavy (non-hydrogen) atoms. The Labute approximate surface area is 186 Å². The van der Waals surface area contributed by atoms with Crippen LogP contribution in [-0.2, 0) is 19.3 Å². The van der Waals surface area contributed by atoms with Gasteiger partial charge in [0.2, 0.25) is 0 Å². The van der Waals surface area contributed by atoms with E-state index in [1.165, 1.54) is 18.4 Å². The van der Waals surface area contributed by atoms with E-state index in [0.29, 0.717) is 50.6 Å². The number of aryl methyl sites for hydroxylation is 1. The quantitative estimate of drug-likeness (QED) is 0.592. The summed E-state index contributed by atoms with van der Waals surface area (Å²) in [5, 5.41) is 9.17. The van der Waals surface area contributed by atoms with Crippen LogP contribution in [0.2, 0.25) is 0 Å². The number of anilines is 1. The summed E-state index contributed by atoms with van der Waals surface area (Å²) in [7, 11) is 0. The Morgan fingerprint density at radius 2 is 1.91 bits per heavy atom. The van der Waals surface area contributed by atoms with Gasteiger partial charge in [-0.3, -0.25) is 4.79 Å². The van der Waals surface area contributed by atoms with Crippen LogP contribution in [0.3, 0.4) is 0 Å². The molecule has 4 rings (SSSR count). The Bertz CT molecular complexity index is 1110. The molecule has 0 saturated carbocycles. The molecule has 3 heterocycles. The molecular weight excluding hydrogens is 409 g/mol. The third-order valence-corrected chi connectivity index (χ3v) is 5.58. The second kappa shape index (κ2) is 9.60. The largest absolute Gasteiger partial charge is 0.459 e. The fourth-order valence-electron chi connectivity index (χ4n) is 3.94. The van der Waals surface area contributed by atoms with Gasteiger partial charge < -0.3 is 14.2 Å². The van der Waals surface area contributed by atoms with Crippen molar-refractivity contribution in [3.05, 3.63) is 76.9 Å². The van der Waals surface area contributed by atoms with Crippen molar-refractivity contribution in [2.45, 2.75) is 26.2 Å². The van der Waals surface area contributed by atoms with Crippen molar-refractivity contribution in [2.24, 2.45) is 0 Å². The van der Waals surface area contributed by atoms with Crippen molar-refractivity contribution in [3.63, 3.8) is 0 Å². The molecule has 0 unspecified atom stereocenters. The van der Waals surface area contributed by atoms with Gasteiger partial charge in [-0.15, -0.1) is 0 Å². The van der Waals surface area contributed by atoms with Crippen molar-refractivity contribution in [1.82, 2.24) is 14.9 Å². The molecule has 1 saturated heterocycles. The van der Waals surface area contributed by atoms with Crippen LogP contribution in [0.25, 0.3) is 0 Å². The van der Waals surface area contributed by atoms with E-state index in [2.05, 4.69) is 16.0 Å². The number of nitrogens with zero attached hydrogens (tertiary/aromatic N) is 5. The van der Waals surface area contributed by atoms with Gasteiger partial charge in [0.15, 0.2) is 5.76 Å². The van der Waals surface area contributed by atoms with E-state index in [4.69, 9.17) is 14.7 Å². The summed E-state index contributed by atoms with van der Waals surface area (Å²) >= 11 is 0. The number of benzene rings is 1. The van der Waals surface area contributed by atoms with Crippen LogP contribution in [0, 0.1) is 17.1 Å². The second-order valence-corrected chi connectivity index (χ2v) is 7.64. The number of aromatic nitrogens is 2. The van der Waals surface area contributed by atoms with Crippen molar-refractivity contribution in [3.8, 4) is 6.07 Å². The molecule has 1 aliphatic heterocycles. The Morgan fingerprint density at radius 3 is 2.53 bits per heavy atom. The lowest BCUT2D eigenvalue weighted by Crippen LogP contribution is -2.49. The van der Waals surface area contributed by atoms with Gasteiger partial charge in [-0.1, -0.05) is 19.1 Å². The molecule has 0 atom stereocenters. The minimum Gasteiger partial charge on any atom is -0.459 e. The minimum absolute atomic E-state index is 0.122. The molecule has 164 valence electrons. The number of amides is 1. The summed E-state index contributed by atoms with van der Waals surface area (Å²) < 4.78 is 18.6. The fourth-order valence-corrected chi connectivity index (χ4v) is 3.94. The van der Waals surface area contributed by atoms with Crippen LogP contribution in [0.15, 0.2) is 47.1 Å². The highest BCUT2D eigenvalue weighted by molar-refractivity contribution is 5.91. The fraction of sp³-hybridized carbons (Fsp3) is 0.333. The third kappa shape index (κ3) is 4.62. The molecule has 2 aromatic heterocycles. The molecule has 1 aliphatic rings. The number of carbonyl (C=O) groups excluding carboxylic acids is 1. The number of hydrogen-bond acceptors (Lipinski definition) is 6. The number of nitriles is 1. The van der Waals surface area contributed by atoms with Gasteiger partial charge in [0.1, 0.15) is 17.5 Å². The zero-order valence-corrected chi connectivity index (χ0v) is 17.9. The van der Waals surface area contributed by atoms with Gasteiger partial charge in [0, 0.05) is 43.9 Å². The maximum Gasteiger partial charge on any atom is 0.289 e. The molecule has 0 aliphatic carbocycles. The van der Waals surface area contributed by atoms with Gasteiger partial charge in [0.05, 0.1) is 18.8 Å². The highest BCUT2D eigenvalue weighted by Gasteiger charge is 2.27. The van der Waals surface area contributed by atoms with Crippen LogP contribution in [0.4, 0.5) is 10.2 Å². The number of halogens is 1. The molecule has 3 aromatic rings. The molecule has 0 bridgehead atoms. The first-order valence-electron chi connectivity index (χ1n) is 10.7. The van der Waals surface area contributed by atoms with Gasteiger partial charge in [0.25, 0.3) is 5.91 Å². The van der Waals surface area contributed by atoms with E-state index in [-0.39, 0.29) is 18.1 Å². The lowest BCUT2D eigenvalue weighted by molar-refractivity contribution is 0.0714. The van der Waals surface area contributed by atoms with Crippen molar-refractivity contribution in [1.29, 1.82) is 5.26 Å². The average molecular weight is 433 g/mol. The van der Waals surface area contributed by atoms with E-state index in [1.807, 2.05) is 6.92 Å². The molecule has 0 radical (unpaired) electrons. The molecule has 1 aromatic carbocycles. The summed E-state index contributed by atoms with van der Waals surface area (Å²) in [5.74, 6) is 1.22. The van der Waals surface area contributed by atoms with Crippen LogP contribution in [-0.4, -0.2) is 47.0 Å². The van der Waals surface area contributed by atoms with Crippen molar-refractivity contribution >= 4 is 11.7 Å². The number of hydrogen-bond donors (Lipinski definition) is 0. The van der Waals surface area contributed by atoms with E-state index < -0.39 is 0 Å². The van der Waals surface area contributed by atoms with Gasteiger partial charge in [-0.25, -0.2) is 14.4 Å². The first-order valence-corrected chi connectivity index (χ1v) is 10.7. The van der Waals surface area contributed by atoms with E-state index in [1.54, 1.807) is 29.2 Å². The zero-order valence-electron chi connectivity index (χ0n) is 17.9. The number of rotatable bonds is 6. The summed E-state index contributed by atoms with van der Waals surface area (Å²) in [6.07, 6.45) is 2.89. The van der Waals surface area contributed by atoms with E-state index >= 15 is 0 Å². The standard InChI is InChI=1S/C24H24FN5O2/c1-2-20-19(16-17-5-7-18(25)8-6-17)23(28-22(27-20)9-10-26)29-11-13-30(14-12-29)24(31)21-4-3-15-32-21/h3-8,15H,2,9,11-14,16H2,1H3. The highest BCUT2D eigenvalue weighted by atomic mass is 19.1. The normalized spacial score (nSPS) is 13.8. The maximum atomic E-state index is 13.4. The molecule has 7 nitrogen and oxygen atoms in total. The third-order valence-electron chi connectivity index (χ3n) is 5.58. The predicted molar refractivity (Wildman–Crippen MR) is 117 cm³/mol. The Balaban J connectivity index is 1.61. The van der Waals surface area contributed by atoms with Gasteiger partial charge in [-0.05, 0) is 36.2 Å². The maximum absolute atomic E-state index is 13.4. The number of piperazine rings is 1. The monoisotopic (exact) mass is 433 g/mol. The van der Waals surface area contributed by atoms with Crippen LogP contribution in [0.1, 0.15) is 40.1 Å². The topological polar surface area (TPSA) is 86.3 Å². The minimum atomic E-state index is -0.275. The van der Waals surface area contributed by atoms with Crippen LogP contribution >= 0.6 is 0 Å². The summed E-state index contributed by atoms with van der Waals surface area (Å²) in [4.78, 5) is 25.9. The molecular formula is C24H24FN5O2. The first kappa shape index (κ1) is 21.5. The SMILES string of the molecule is CCc1nc(CC#N)nc(N2CCN(C(=O)c3ccco3)CC2)c1Cc1ccc(F)cc1. The van der Waals surface area contributed by atoms with E-state index in [0.717, 1.165) is 22.6 Å². The first-order chi connectivity index (χ1) is 15.6. The predicted octanol–water partition coefficient (Wildman–Crippen LogP) is 3.39. The van der Waals surface area contributed by atoms with Gasteiger partial charge >= 0.3 is 0 Å². The summed E-state index contributed by atoms with van der Waals surface area (Å²) in [6, 6.07) is 11.9. The zero-order chi connectivity index (χ0) is 22.5. The smallest absolute Gasteiger partial charge is 0.289 e. The number of furan rings is 1. The Morgan fingerprint density at radius 1 is 1.16 bits per heavy atom. The van der Waals surface area contributed by atoms with Crippen molar-refractivity contribution in [2.75, 3.05) is 31.1 Å². The molecule has 1 fully saturated rings. The average Bonchev–Trinajstić information content (AvgIpc) is 3.36. The Kier molecular flexibility index (Phi) is 6.45. The highest BCUT2D eigenvalue weighted by Crippen LogP contribution is 2.26. The van der Waals surface area contributed by atoms with E-state index in [9.17, 15) is 9.18 Å². The van der Waals surface area contributed by atoms with Crippen LogP contribution in [0.5, 0.6) is 0 Å². The van der Waals surface area contributed by atoms with Crippen molar-refractivity contribution < 1.29 is 13.6 Å². The summed E-state index contributed by atoms with van der Waals surface area (Å²) in [6.45, 7) is 4.31. The van der Waals surface area contributed by atoms with Gasteiger partial charge in [-0.2, -0.15) is 5.26 Å². The molecule has 1 amide bonds. The van der Waals surface area contributed by atoms with Crippen LogP contribution < -0.4 is 4.90 Å². The molecule has 0 spiro atoms. The second-order valence-electron chi connectivity index (χ2n) is 7.64. The number of carbonyl (C=O) groups is 1.